The first-order chi connectivity index (χ1) is 5.70. The van der Waals surface area contributed by atoms with Crippen molar-refractivity contribution >= 4 is 0 Å². The monoisotopic (exact) mass is 171 g/mol. The Balaban J connectivity index is 3.31. The normalized spacial score (nSPS) is 13.8. The second-order valence-corrected chi connectivity index (χ2v) is 4.01. The zero-order valence-electron chi connectivity index (χ0n) is 9.27. The van der Waals surface area contributed by atoms with Crippen molar-refractivity contribution in [1.29, 1.82) is 0 Å². The maximum absolute atomic E-state index is 2.32. The quantitative estimate of drug-likeness (QED) is 0.569. The fourth-order valence-electron chi connectivity index (χ4n) is 1.66. The van der Waals surface area contributed by atoms with Gasteiger partial charge in [0.15, 0.2) is 0 Å². The molecule has 0 saturated carbocycles. The van der Waals surface area contributed by atoms with E-state index in [1.807, 2.05) is 0 Å². The van der Waals surface area contributed by atoms with E-state index < -0.39 is 0 Å². The Morgan fingerprint density at radius 1 is 1.08 bits per heavy atom. The molecule has 0 aliphatic carbocycles. The van der Waals surface area contributed by atoms with E-state index in [4.69, 9.17) is 0 Å². The highest BCUT2D eigenvalue weighted by Crippen LogP contribution is 2.16. The number of hydrogen-bond acceptors (Lipinski definition) is 1. The molecule has 0 radical (unpaired) electrons. The molecule has 0 spiro atoms. The SMILES string of the molecule is CCCC(CC)CCCN(C)C. The van der Waals surface area contributed by atoms with Crippen molar-refractivity contribution in [3.05, 3.63) is 0 Å². The highest BCUT2D eigenvalue weighted by Gasteiger charge is 2.04. The average Bonchev–Trinajstić information content (AvgIpc) is 2.02. The first-order valence-corrected chi connectivity index (χ1v) is 5.35. The minimum atomic E-state index is 0.981. The van der Waals surface area contributed by atoms with Gasteiger partial charge in [-0.15, -0.1) is 0 Å². The van der Waals surface area contributed by atoms with Crippen molar-refractivity contribution in [2.45, 2.75) is 46.0 Å². The Bertz CT molecular complexity index is 89.0. The second kappa shape index (κ2) is 7.60. The van der Waals surface area contributed by atoms with Gasteiger partial charge in [0.2, 0.25) is 0 Å². The van der Waals surface area contributed by atoms with Crippen LogP contribution in [0.3, 0.4) is 0 Å². The third-order valence-corrected chi connectivity index (χ3v) is 2.49. The summed E-state index contributed by atoms with van der Waals surface area (Å²) in [6.07, 6.45) is 6.92. The molecule has 0 aromatic carbocycles. The van der Waals surface area contributed by atoms with E-state index in [1.54, 1.807) is 0 Å². The number of nitrogens with zero attached hydrogens (tertiary/aromatic N) is 1. The van der Waals surface area contributed by atoms with E-state index in [1.165, 1.54) is 38.6 Å². The highest BCUT2D eigenvalue weighted by molar-refractivity contribution is 4.57. The van der Waals surface area contributed by atoms with Crippen LogP contribution < -0.4 is 0 Å². The standard InChI is InChI=1S/C11H25N/c1-5-8-11(6-2)9-7-10-12(3)4/h11H,5-10H2,1-4H3. The Kier molecular flexibility index (Phi) is 7.58. The van der Waals surface area contributed by atoms with Crippen LogP contribution in [0.1, 0.15) is 46.0 Å². The second-order valence-electron chi connectivity index (χ2n) is 4.01. The molecule has 0 bridgehead atoms. The van der Waals surface area contributed by atoms with Crippen molar-refractivity contribution in [2.75, 3.05) is 20.6 Å². The minimum Gasteiger partial charge on any atom is -0.309 e. The topological polar surface area (TPSA) is 3.24 Å². The van der Waals surface area contributed by atoms with Crippen LogP contribution in [0.4, 0.5) is 0 Å². The molecule has 0 aromatic heterocycles. The van der Waals surface area contributed by atoms with Gasteiger partial charge < -0.3 is 4.90 Å². The Labute approximate surface area is 78.1 Å². The molecule has 1 atom stereocenters. The fourth-order valence-corrected chi connectivity index (χ4v) is 1.66. The third-order valence-electron chi connectivity index (χ3n) is 2.49. The summed E-state index contributed by atoms with van der Waals surface area (Å²) in [4.78, 5) is 2.28. The molecular formula is C11H25N. The molecule has 0 N–H and O–H groups in total. The highest BCUT2D eigenvalue weighted by atomic mass is 15.0. The van der Waals surface area contributed by atoms with Gasteiger partial charge in [-0.3, -0.25) is 0 Å². The molecule has 12 heavy (non-hydrogen) atoms. The van der Waals surface area contributed by atoms with Crippen molar-refractivity contribution in [2.24, 2.45) is 5.92 Å². The van der Waals surface area contributed by atoms with E-state index in [9.17, 15) is 0 Å². The third kappa shape index (κ3) is 6.66. The van der Waals surface area contributed by atoms with Crippen LogP contribution in [0.15, 0.2) is 0 Å². The smallest absolute Gasteiger partial charge is 0.00247 e. The predicted octanol–water partition coefficient (Wildman–Crippen LogP) is 3.15. The molecule has 0 amide bonds. The Morgan fingerprint density at radius 3 is 2.17 bits per heavy atom. The minimum absolute atomic E-state index is 0.981. The van der Waals surface area contributed by atoms with Crippen LogP contribution in [0.25, 0.3) is 0 Å². The lowest BCUT2D eigenvalue weighted by Gasteiger charge is -2.15. The summed E-state index contributed by atoms with van der Waals surface area (Å²) < 4.78 is 0. The fraction of sp³-hybridized carbons (Fsp3) is 1.00. The summed E-state index contributed by atoms with van der Waals surface area (Å²) in [5, 5.41) is 0. The van der Waals surface area contributed by atoms with Gasteiger partial charge in [0.05, 0.1) is 0 Å². The van der Waals surface area contributed by atoms with Gasteiger partial charge in [-0.2, -0.15) is 0 Å². The molecule has 74 valence electrons. The van der Waals surface area contributed by atoms with Crippen molar-refractivity contribution in [3.8, 4) is 0 Å². The lowest BCUT2D eigenvalue weighted by molar-refractivity contribution is 0.350. The van der Waals surface area contributed by atoms with Gasteiger partial charge in [0.1, 0.15) is 0 Å². The molecular weight excluding hydrogens is 146 g/mol. The summed E-state index contributed by atoms with van der Waals surface area (Å²) in [7, 11) is 4.31. The van der Waals surface area contributed by atoms with Crippen molar-refractivity contribution in [1.82, 2.24) is 4.90 Å². The first kappa shape index (κ1) is 12.0. The maximum Gasteiger partial charge on any atom is -0.00247 e. The molecule has 0 fully saturated rings. The van der Waals surface area contributed by atoms with Crippen LogP contribution in [-0.4, -0.2) is 25.5 Å². The molecule has 0 heterocycles. The molecule has 0 aliphatic rings. The lowest BCUT2D eigenvalue weighted by Crippen LogP contribution is -2.14. The summed E-state index contributed by atoms with van der Waals surface area (Å²) in [6.45, 7) is 5.85. The molecule has 0 aliphatic heterocycles. The van der Waals surface area contributed by atoms with E-state index in [0.29, 0.717) is 0 Å². The van der Waals surface area contributed by atoms with E-state index in [2.05, 4.69) is 32.8 Å². The van der Waals surface area contributed by atoms with E-state index in [-0.39, 0.29) is 0 Å². The van der Waals surface area contributed by atoms with Gasteiger partial charge >= 0.3 is 0 Å². The van der Waals surface area contributed by atoms with Crippen LogP contribution in [0.2, 0.25) is 0 Å². The molecule has 0 rings (SSSR count). The summed E-state index contributed by atoms with van der Waals surface area (Å²) >= 11 is 0. The van der Waals surface area contributed by atoms with Crippen LogP contribution in [0, 0.1) is 5.92 Å². The Morgan fingerprint density at radius 2 is 1.75 bits per heavy atom. The molecule has 1 heteroatoms. The largest absolute Gasteiger partial charge is 0.309 e. The van der Waals surface area contributed by atoms with Crippen molar-refractivity contribution < 1.29 is 0 Å². The first-order valence-electron chi connectivity index (χ1n) is 5.35. The van der Waals surface area contributed by atoms with Crippen LogP contribution >= 0.6 is 0 Å². The van der Waals surface area contributed by atoms with E-state index in [0.717, 1.165) is 5.92 Å². The molecule has 1 nitrogen and oxygen atoms in total. The van der Waals surface area contributed by atoms with Crippen LogP contribution in [-0.2, 0) is 0 Å². The Hall–Kier alpha value is -0.0400. The average molecular weight is 171 g/mol. The summed E-state index contributed by atoms with van der Waals surface area (Å²) in [5.74, 6) is 0.981. The van der Waals surface area contributed by atoms with Gasteiger partial charge in [0, 0.05) is 0 Å². The van der Waals surface area contributed by atoms with Gasteiger partial charge in [-0.05, 0) is 39.4 Å². The van der Waals surface area contributed by atoms with E-state index >= 15 is 0 Å². The number of rotatable bonds is 7. The predicted molar refractivity (Wildman–Crippen MR) is 56.5 cm³/mol. The van der Waals surface area contributed by atoms with Crippen LogP contribution in [0.5, 0.6) is 0 Å². The summed E-state index contributed by atoms with van der Waals surface area (Å²) in [5.41, 5.74) is 0. The van der Waals surface area contributed by atoms with Crippen molar-refractivity contribution in [3.63, 3.8) is 0 Å². The zero-order valence-corrected chi connectivity index (χ0v) is 9.27. The van der Waals surface area contributed by atoms with Gasteiger partial charge in [-0.1, -0.05) is 33.1 Å². The molecule has 0 aromatic rings. The summed E-state index contributed by atoms with van der Waals surface area (Å²) in [6, 6.07) is 0. The lowest BCUT2D eigenvalue weighted by atomic mass is 9.95. The molecule has 0 saturated heterocycles. The number of hydrogen-bond donors (Lipinski definition) is 0. The maximum atomic E-state index is 2.32. The molecule has 1 unspecified atom stereocenters. The zero-order chi connectivity index (χ0) is 9.40. The van der Waals surface area contributed by atoms with Gasteiger partial charge in [0.25, 0.3) is 0 Å². The van der Waals surface area contributed by atoms with Gasteiger partial charge in [-0.25, -0.2) is 0 Å².